The Morgan fingerprint density at radius 3 is 2.68 bits per heavy atom. The van der Waals surface area contributed by atoms with Gasteiger partial charge in [-0.15, -0.1) is 22.0 Å². The molecule has 0 N–H and O–H groups in total. The first-order valence-corrected chi connectivity index (χ1v) is 8.99. The smallest absolute Gasteiger partial charge is 0.240 e. The molecule has 22 heavy (non-hydrogen) atoms. The SMILES string of the molecule is COc1cc(Br)c(C2SCC(=O)N2c2nncs2)cc1OC. The van der Waals surface area contributed by atoms with Gasteiger partial charge in [0.2, 0.25) is 11.0 Å². The van der Waals surface area contributed by atoms with Crippen LogP contribution in [0.15, 0.2) is 22.1 Å². The third-order valence-corrected chi connectivity index (χ3v) is 5.76. The van der Waals surface area contributed by atoms with Crippen molar-refractivity contribution < 1.29 is 14.3 Å². The second-order valence-corrected chi connectivity index (χ2v) is 7.11. The Morgan fingerprint density at radius 2 is 2.05 bits per heavy atom. The van der Waals surface area contributed by atoms with Gasteiger partial charge >= 0.3 is 0 Å². The number of anilines is 1. The molecule has 0 spiro atoms. The fraction of sp³-hybridized carbons (Fsp3) is 0.308. The predicted molar refractivity (Wildman–Crippen MR) is 89.8 cm³/mol. The van der Waals surface area contributed by atoms with Crippen LogP contribution in [0.1, 0.15) is 10.9 Å². The van der Waals surface area contributed by atoms with Crippen molar-refractivity contribution in [2.24, 2.45) is 0 Å². The molecular formula is C13H12BrN3O3S2. The van der Waals surface area contributed by atoms with Crippen molar-refractivity contribution in [2.75, 3.05) is 24.9 Å². The summed E-state index contributed by atoms with van der Waals surface area (Å²) in [5, 5.41) is 8.27. The standard InChI is InChI=1S/C13H12BrN3O3S2/c1-19-9-3-7(8(14)4-10(9)20-2)12-17(11(18)5-21-12)13-16-15-6-22-13/h3-4,6,12H,5H2,1-2H3. The Bertz CT molecular complexity index is 696. The van der Waals surface area contributed by atoms with Crippen molar-refractivity contribution in [1.82, 2.24) is 10.2 Å². The minimum Gasteiger partial charge on any atom is -0.493 e. The van der Waals surface area contributed by atoms with Gasteiger partial charge in [0.15, 0.2) is 11.5 Å². The first-order chi connectivity index (χ1) is 10.7. The van der Waals surface area contributed by atoms with E-state index in [0.717, 1.165) is 10.0 Å². The third-order valence-electron chi connectivity index (χ3n) is 3.19. The number of rotatable bonds is 4. The van der Waals surface area contributed by atoms with E-state index in [1.807, 2.05) is 12.1 Å². The molecule has 3 rings (SSSR count). The van der Waals surface area contributed by atoms with Crippen LogP contribution in [-0.2, 0) is 4.79 Å². The number of hydrogen-bond acceptors (Lipinski definition) is 7. The zero-order chi connectivity index (χ0) is 15.7. The van der Waals surface area contributed by atoms with Gasteiger partial charge in [0.1, 0.15) is 10.9 Å². The molecular weight excluding hydrogens is 390 g/mol. The van der Waals surface area contributed by atoms with Crippen LogP contribution in [0.5, 0.6) is 11.5 Å². The van der Waals surface area contributed by atoms with Gasteiger partial charge in [-0.25, -0.2) is 0 Å². The molecule has 116 valence electrons. The number of methoxy groups -OCH3 is 2. The van der Waals surface area contributed by atoms with Crippen molar-refractivity contribution in [3.05, 3.63) is 27.7 Å². The fourth-order valence-corrected chi connectivity index (χ4v) is 4.73. The highest BCUT2D eigenvalue weighted by molar-refractivity contribution is 9.10. The molecule has 0 aliphatic carbocycles. The van der Waals surface area contributed by atoms with Gasteiger partial charge in [-0.05, 0) is 12.1 Å². The molecule has 2 heterocycles. The molecule has 0 bridgehead atoms. The molecule has 1 unspecified atom stereocenters. The van der Waals surface area contributed by atoms with Crippen LogP contribution in [-0.4, -0.2) is 36.1 Å². The second kappa shape index (κ2) is 6.43. The van der Waals surface area contributed by atoms with Gasteiger partial charge < -0.3 is 9.47 Å². The molecule has 1 aliphatic heterocycles. The van der Waals surface area contributed by atoms with Crippen LogP contribution in [0.25, 0.3) is 0 Å². The van der Waals surface area contributed by atoms with Gasteiger partial charge in [0, 0.05) is 10.0 Å². The molecule has 1 aliphatic rings. The molecule has 0 radical (unpaired) electrons. The van der Waals surface area contributed by atoms with Crippen molar-refractivity contribution in [3.8, 4) is 11.5 Å². The monoisotopic (exact) mass is 401 g/mol. The van der Waals surface area contributed by atoms with Crippen molar-refractivity contribution in [2.45, 2.75) is 5.37 Å². The largest absolute Gasteiger partial charge is 0.493 e. The van der Waals surface area contributed by atoms with Gasteiger partial charge in [-0.2, -0.15) is 0 Å². The van der Waals surface area contributed by atoms with E-state index < -0.39 is 0 Å². The molecule has 0 saturated carbocycles. The summed E-state index contributed by atoms with van der Waals surface area (Å²) in [6.07, 6.45) is 0. The predicted octanol–water partition coefficient (Wildman–Crippen LogP) is 3.10. The quantitative estimate of drug-likeness (QED) is 0.783. The van der Waals surface area contributed by atoms with Crippen LogP contribution in [0.4, 0.5) is 5.13 Å². The lowest BCUT2D eigenvalue weighted by Gasteiger charge is -2.23. The Kier molecular flexibility index (Phi) is 4.55. The third kappa shape index (κ3) is 2.68. The number of thioether (sulfide) groups is 1. The van der Waals surface area contributed by atoms with E-state index in [1.165, 1.54) is 11.3 Å². The number of amides is 1. The highest BCUT2D eigenvalue weighted by atomic mass is 79.9. The summed E-state index contributed by atoms with van der Waals surface area (Å²) < 4.78 is 11.5. The van der Waals surface area contributed by atoms with Crippen molar-refractivity contribution in [1.29, 1.82) is 0 Å². The molecule has 1 fully saturated rings. The molecule has 1 amide bonds. The number of benzene rings is 1. The topological polar surface area (TPSA) is 64.5 Å². The number of carbonyl (C=O) groups excluding carboxylic acids is 1. The number of carbonyl (C=O) groups is 1. The van der Waals surface area contributed by atoms with Gasteiger partial charge in [0.05, 0.1) is 20.0 Å². The number of hydrogen-bond donors (Lipinski definition) is 0. The summed E-state index contributed by atoms with van der Waals surface area (Å²) in [6.45, 7) is 0. The van der Waals surface area contributed by atoms with Crippen molar-refractivity contribution >= 4 is 50.1 Å². The number of halogens is 1. The average molecular weight is 402 g/mol. The molecule has 6 nitrogen and oxygen atoms in total. The lowest BCUT2D eigenvalue weighted by Crippen LogP contribution is -2.28. The summed E-state index contributed by atoms with van der Waals surface area (Å²) >= 11 is 6.44. The Morgan fingerprint density at radius 1 is 1.32 bits per heavy atom. The van der Waals surface area contributed by atoms with Crippen LogP contribution in [0, 0.1) is 0 Å². The van der Waals surface area contributed by atoms with Gasteiger partial charge in [-0.3, -0.25) is 9.69 Å². The fourth-order valence-electron chi connectivity index (χ4n) is 2.19. The average Bonchev–Trinajstić information content (AvgIpc) is 3.16. The molecule has 2 aromatic rings. The summed E-state index contributed by atoms with van der Waals surface area (Å²) in [5.74, 6) is 1.69. The maximum Gasteiger partial charge on any atom is 0.240 e. The molecule has 9 heteroatoms. The Labute approximate surface area is 143 Å². The van der Waals surface area contributed by atoms with E-state index >= 15 is 0 Å². The van der Waals surface area contributed by atoms with Crippen LogP contribution < -0.4 is 14.4 Å². The van der Waals surface area contributed by atoms with E-state index in [-0.39, 0.29) is 11.3 Å². The highest BCUT2D eigenvalue weighted by Crippen LogP contribution is 2.47. The lowest BCUT2D eigenvalue weighted by atomic mass is 10.2. The normalized spacial score (nSPS) is 17.9. The molecule has 1 saturated heterocycles. The summed E-state index contributed by atoms with van der Waals surface area (Å²) in [4.78, 5) is 13.9. The summed E-state index contributed by atoms with van der Waals surface area (Å²) in [5.41, 5.74) is 2.55. The number of nitrogens with zero attached hydrogens (tertiary/aromatic N) is 3. The molecule has 1 aromatic heterocycles. The van der Waals surface area contributed by atoms with Crippen LogP contribution >= 0.6 is 39.0 Å². The van der Waals surface area contributed by atoms with E-state index in [1.54, 1.807) is 36.4 Å². The van der Waals surface area contributed by atoms with Crippen LogP contribution in [0.3, 0.4) is 0 Å². The summed E-state index contributed by atoms with van der Waals surface area (Å²) in [7, 11) is 3.18. The first kappa shape index (κ1) is 15.6. The molecule has 1 atom stereocenters. The number of aromatic nitrogens is 2. The Hall–Kier alpha value is -1.32. The van der Waals surface area contributed by atoms with Crippen LogP contribution in [0.2, 0.25) is 0 Å². The van der Waals surface area contributed by atoms with E-state index in [9.17, 15) is 4.79 Å². The zero-order valence-electron chi connectivity index (χ0n) is 11.8. The first-order valence-electron chi connectivity index (χ1n) is 6.27. The second-order valence-electron chi connectivity index (χ2n) is 4.38. The maximum absolute atomic E-state index is 12.2. The van der Waals surface area contributed by atoms with Gasteiger partial charge in [-0.1, -0.05) is 27.3 Å². The number of ether oxygens (including phenoxy) is 2. The lowest BCUT2D eigenvalue weighted by molar-refractivity contribution is -0.115. The zero-order valence-corrected chi connectivity index (χ0v) is 15.0. The van der Waals surface area contributed by atoms with Crippen molar-refractivity contribution in [3.63, 3.8) is 0 Å². The van der Waals surface area contributed by atoms with Gasteiger partial charge in [0.25, 0.3) is 0 Å². The minimum atomic E-state index is -0.172. The molecule has 1 aromatic carbocycles. The summed E-state index contributed by atoms with van der Waals surface area (Å²) in [6, 6.07) is 3.73. The minimum absolute atomic E-state index is 0.0217. The van der Waals surface area contributed by atoms with E-state index in [4.69, 9.17) is 9.47 Å². The van der Waals surface area contributed by atoms with E-state index in [2.05, 4.69) is 26.1 Å². The highest BCUT2D eigenvalue weighted by Gasteiger charge is 2.37. The Balaban J connectivity index is 2.04. The maximum atomic E-state index is 12.2. The van der Waals surface area contributed by atoms with E-state index in [0.29, 0.717) is 22.4 Å².